The molecule has 7 rings (SSSR count). The van der Waals surface area contributed by atoms with Crippen molar-refractivity contribution in [1.29, 1.82) is 0 Å². The largest absolute Gasteiger partial charge is 0.477 e. The number of nitrogens with one attached hydrogen (secondary N) is 3. The molecule has 3 atom stereocenters. The van der Waals surface area contributed by atoms with Crippen molar-refractivity contribution < 1.29 is 14.6 Å². The van der Waals surface area contributed by atoms with Crippen molar-refractivity contribution in [3.05, 3.63) is 17.8 Å². The third kappa shape index (κ3) is 4.03. The first-order chi connectivity index (χ1) is 15.5. The zero-order chi connectivity index (χ0) is 21.7. The van der Waals surface area contributed by atoms with Crippen molar-refractivity contribution in [3.8, 4) is 5.88 Å². The van der Waals surface area contributed by atoms with Crippen molar-refractivity contribution in [1.82, 2.24) is 20.2 Å². The van der Waals surface area contributed by atoms with Crippen LogP contribution in [0.4, 0.5) is 17.6 Å². The summed E-state index contributed by atoms with van der Waals surface area (Å²) in [5.74, 6) is 4.49. The fourth-order valence-electron chi connectivity index (χ4n) is 6.52. The van der Waals surface area contributed by atoms with Gasteiger partial charge in [0.15, 0.2) is 5.82 Å². The lowest BCUT2D eigenvalue weighted by Gasteiger charge is -2.58. The molecule has 172 valence electrons. The minimum Gasteiger partial charge on any atom is -0.477 e. The molecule has 5 aliphatic rings. The minimum absolute atomic E-state index is 0.297. The summed E-state index contributed by atoms with van der Waals surface area (Å²) in [6.45, 7) is 4.08. The summed E-state index contributed by atoms with van der Waals surface area (Å²) < 4.78 is 11.5. The zero-order valence-corrected chi connectivity index (χ0v) is 18.5. The Morgan fingerprint density at radius 2 is 2.03 bits per heavy atom. The van der Waals surface area contributed by atoms with Gasteiger partial charge in [0.25, 0.3) is 0 Å². The second kappa shape index (κ2) is 7.88. The second-order valence-electron chi connectivity index (χ2n) is 10.4. The van der Waals surface area contributed by atoms with Gasteiger partial charge in [0.2, 0.25) is 11.8 Å². The highest BCUT2D eigenvalue weighted by atomic mass is 16.5. The molecule has 1 aliphatic heterocycles. The number of aliphatic hydroxyl groups is 1. The van der Waals surface area contributed by atoms with E-state index in [2.05, 4.69) is 20.8 Å². The molecule has 3 heterocycles. The molecule has 2 aromatic rings. The SMILES string of the molecule is Cc1cc(Nc2cc(OCC3CCOC3)nc(NC3C4CC5CC3CC(O)(C5)C4)n2)n[nH]1. The van der Waals surface area contributed by atoms with Crippen LogP contribution in [0.25, 0.3) is 0 Å². The Hall–Kier alpha value is -2.39. The van der Waals surface area contributed by atoms with E-state index in [4.69, 9.17) is 19.4 Å². The summed E-state index contributed by atoms with van der Waals surface area (Å²) in [6.07, 6.45) is 6.14. The first-order valence-electron chi connectivity index (χ1n) is 11.9. The molecule has 32 heavy (non-hydrogen) atoms. The smallest absolute Gasteiger partial charge is 0.228 e. The first kappa shape index (κ1) is 20.2. The van der Waals surface area contributed by atoms with Crippen LogP contribution < -0.4 is 15.4 Å². The van der Waals surface area contributed by atoms with Gasteiger partial charge in [-0.3, -0.25) is 5.10 Å². The molecule has 9 heteroatoms. The normalized spacial score (nSPS) is 35.2. The van der Waals surface area contributed by atoms with Gasteiger partial charge in [0.05, 0.1) is 18.8 Å². The van der Waals surface area contributed by atoms with E-state index in [-0.39, 0.29) is 0 Å². The van der Waals surface area contributed by atoms with Crippen LogP contribution in [0.15, 0.2) is 12.1 Å². The Balaban J connectivity index is 1.22. The van der Waals surface area contributed by atoms with Crippen molar-refractivity contribution in [3.63, 3.8) is 0 Å². The predicted octanol–water partition coefficient (Wildman–Crippen LogP) is 3.02. The molecular weight excluding hydrogens is 408 g/mol. The second-order valence-corrected chi connectivity index (χ2v) is 10.4. The fourth-order valence-corrected chi connectivity index (χ4v) is 6.52. The van der Waals surface area contributed by atoms with Gasteiger partial charge in [0, 0.05) is 36.4 Å². The van der Waals surface area contributed by atoms with Gasteiger partial charge in [0.1, 0.15) is 5.82 Å². The molecule has 9 nitrogen and oxygen atoms in total. The number of ether oxygens (including phenoxy) is 2. The zero-order valence-electron chi connectivity index (χ0n) is 18.5. The van der Waals surface area contributed by atoms with E-state index >= 15 is 0 Å². The standard InChI is InChI=1S/C23H32N6O3/c1-13-4-19(29-28-13)24-18-7-20(32-12-14-2-3-31-11-14)26-22(25-18)27-21-16-5-15-6-17(21)10-23(30,8-15)9-16/h4,7,14-17,21,30H,2-3,5-6,8-12H2,1H3,(H3,24,25,26,27,28,29). The number of hydrogen-bond acceptors (Lipinski definition) is 8. The Kier molecular flexibility index (Phi) is 4.98. The maximum Gasteiger partial charge on any atom is 0.228 e. The van der Waals surface area contributed by atoms with E-state index in [1.54, 1.807) is 0 Å². The molecule has 0 amide bonds. The van der Waals surface area contributed by atoms with Crippen LogP contribution in [0.3, 0.4) is 0 Å². The molecule has 0 radical (unpaired) electrons. The average Bonchev–Trinajstić information content (AvgIpc) is 3.40. The average molecular weight is 441 g/mol. The van der Waals surface area contributed by atoms with Crippen LogP contribution in [-0.2, 0) is 4.74 Å². The monoisotopic (exact) mass is 440 g/mol. The predicted molar refractivity (Wildman–Crippen MR) is 119 cm³/mol. The van der Waals surface area contributed by atoms with Crippen LogP contribution >= 0.6 is 0 Å². The number of hydrogen-bond donors (Lipinski definition) is 4. The van der Waals surface area contributed by atoms with Crippen molar-refractivity contribution in [2.24, 2.45) is 23.7 Å². The van der Waals surface area contributed by atoms with Crippen molar-refractivity contribution in [2.75, 3.05) is 30.5 Å². The Morgan fingerprint density at radius 1 is 1.19 bits per heavy atom. The number of aryl methyl sites for hydroxylation is 1. The number of rotatable bonds is 7. The van der Waals surface area contributed by atoms with Gasteiger partial charge in [-0.15, -0.1) is 0 Å². The molecule has 4 aliphatic carbocycles. The summed E-state index contributed by atoms with van der Waals surface area (Å²) in [6, 6.07) is 4.06. The van der Waals surface area contributed by atoms with E-state index in [9.17, 15) is 5.11 Å². The van der Waals surface area contributed by atoms with E-state index < -0.39 is 5.60 Å². The lowest BCUT2D eigenvalue weighted by molar-refractivity contribution is -0.129. The number of aromatic amines is 1. The van der Waals surface area contributed by atoms with E-state index in [1.807, 2.05) is 19.1 Å². The number of H-pyrrole nitrogens is 1. The summed E-state index contributed by atoms with van der Waals surface area (Å²) in [7, 11) is 0. The van der Waals surface area contributed by atoms with Crippen molar-refractivity contribution in [2.45, 2.75) is 57.1 Å². The third-order valence-corrected chi connectivity index (χ3v) is 7.69. The highest BCUT2D eigenvalue weighted by Gasteiger charge is 2.54. The van der Waals surface area contributed by atoms with Gasteiger partial charge < -0.3 is 25.2 Å². The Bertz CT molecular complexity index is 958. The van der Waals surface area contributed by atoms with E-state index in [0.29, 0.717) is 59.8 Å². The van der Waals surface area contributed by atoms with Crippen LogP contribution in [0.1, 0.15) is 44.2 Å². The molecule has 3 unspecified atom stereocenters. The molecule has 4 saturated carbocycles. The first-order valence-corrected chi connectivity index (χ1v) is 11.9. The van der Waals surface area contributed by atoms with Gasteiger partial charge >= 0.3 is 0 Å². The van der Waals surface area contributed by atoms with Gasteiger partial charge in [-0.25, -0.2) is 0 Å². The third-order valence-electron chi connectivity index (χ3n) is 7.69. The number of nitrogens with zero attached hydrogens (tertiary/aromatic N) is 3. The highest BCUT2D eigenvalue weighted by Crippen LogP contribution is 2.56. The van der Waals surface area contributed by atoms with Gasteiger partial charge in [-0.1, -0.05) is 0 Å². The topological polar surface area (TPSA) is 117 Å². The highest BCUT2D eigenvalue weighted by molar-refractivity contribution is 5.55. The Morgan fingerprint density at radius 3 is 2.72 bits per heavy atom. The summed E-state index contributed by atoms with van der Waals surface area (Å²) in [5, 5.41) is 25.0. The molecule has 1 saturated heterocycles. The summed E-state index contributed by atoms with van der Waals surface area (Å²) in [5.41, 5.74) is 0.526. The quantitative estimate of drug-likeness (QED) is 0.519. The maximum absolute atomic E-state index is 10.9. The lowest BCUT2D eigenvalue weighted by atomic mass is 9.52. The minimum atomic E-state index is -0.450. The molecule has 0 aromatic carbocycles. The lowest BCUT2D eigenvalue weighted by Crippen LogP contribution is -2.59. The van der Waals surface area contributed by atoms with Crippen molar-refractivity contribution >= 4 is 17.6 Å². The van der Waals surface area contributed by atoms with E-state index in [1.165, 1.54) is 12.8 Å². The van der Waals surface area contributed by atoms with E-state index in [0.717, 1.165) is 44.6 Å². The molecule has 4 N–H and O–H groups in total. The molecule has 5 fully saturated rings. The molecule has 4 bridgehead atoms. The van der Waals surface area contributed by atoms with Crippen LogP contribution in [-0.4, -0.2) is 56.7 Å². The van der Waals surface area contributed by atoms with Gasteiger partial charge in [-0.2, -0.15) is 15.1 Å². The molecule has 0 spiro atoms. The van der Waals surface area contributed by atoms with Gasteiger partial charge in [-0.05, 0) is 63.2 Å². The van der Waals surface area contributed by atoms with Crippen LogP contribution in [0, 0.1) is 30.6 Å². The molecular formula is C23H32N6O3. The fraction of sp³-hybridized carbons (Fsp3) is 0.696. The van der Waals surface area contributed by atoms with Crippen LogP contribution in [0.5, 0.6) is 5.88 Å². The molecule has 2 aromatic heterocycles. The summed E-state index contributed by atoms with van der Waals surface area (Å²) in [4.78, 5) is 9.43. The Labute approximate surface area is 187 Å². The van der Waals surface area contributed by atoms with Crippen LogP contribution in [0.2, 0.25) is 0 Å². The summed E-state index contributed by atoms with van der Waals surface area (Å²) >= 11 is 0. The number of anilines is 3. The maximum atomic E-state index is 10.9. The number of aromatic nitrogens is 4.